The van der Waals surface area contributed by atoms with Crippen LogP contribution in [0.1, 0.15) is 19.8 Å². The van der Waals surface area contributed by atoms with Gasteiger partial charge in [0.05, 0.1) is 11.4 Å². The molecule has 17 heavy (non-hydrogen) atoms. The van der Waals surface area contributed by atoms with E-state index in [1.165, 1.54) is 0 Å². The minimum atomic E-state index is -0.697. The minimum Gasteiger partial charge on any atom is -0.397 e. The van der Waals surface area contributed by atoms with Crippen molar-refractivity contribution < 1.29 is 9.53 Å². The second-order valence-electron chi connectivity index (χ2n) is 4.61. The lowest BCUT2D eigenvalue weighted by atomic mass is 10.0. The lowest BCUT2D eigenvalue weighted by Crippen LogP contribution is -2.45. The normalized spacial score (nSPS) is 23.6. The number of nitrogen functional groups attached to an aromatic ring is 1. The average Bonchev–Trinajstić information content (AvgIpc) is 2.76. The van der Waals surface area contributed by atoms with Crippen LogP contribution in [-0.4, -0.2) is 25.2 Å². The molecule has 2 N–H and O–H groups in total. The maximum absolute atomic E-state index is 12.4. The third-order valence-corrected chi connectivity index (χ3v) is 3.27. The molecule has 1 atom stereocenters. The second kappa shape index (κ2) is 4.37. The number of hydrogen-bond donors (Lipinski definition) is 1. The van der Waals surface area contributed by atoms with Crippen molar-refractivity contribution in [3.05, 3.63) is 24.3 Å². The summed E-state index contributed by atoms with van der Waals surface area (Å²) < 4.78 is 5.55. The standard InChI is InChI=1S/C13H18N2O2/c1-13(8-5-9-17-13)12(16)15(2)11-7-4-3-6-10(11)14/h3-4,6-7H,5,8-9,14H2,1-2H3. The lowest BCUT2D eigenvalue weighted by Gasteiger charge is -2.29. The quantitative estimate of drug-likeness (QED) is 0.794. The average molecular weight is 234 g/mol. The van der Waals surface area contributed by atoms with Gasteiger partial charge in [-0.3, -0.25) is 4.79 Å². The Bertz CT molecular complexity index is 425. The molecular formula is C13H18N2O2. The highest BCUT2D eigenvalue weighted by molar-refractivity contribution is 6.01. The first kappa shape index (κ1) is 11.9. The molecule has 0 spiro atoms. The van der Waals surface area contributed by atoms with Crippen LogP contribution in [0, 0.1) is 0 Å². The second-order valence-corrected chi connectivity index (χ2v) is 4.61. The van der Waals surface area contributed by atoms with Crippen LogP contribution in [0.15, 0.2) is 24.3 Å². The first-order chi connectivity index (χ1) is 8.04. The van der Waals surface area contributed by atoms with E-state index >= 15 is 0 Å². The van der Waals surface area contributed by atoms with E-state index in [4.69, 9.17) is 10.5 Å². The van der Waals surface area contributed by atoms with Gasteiger partial charge >= 0.3 is 0 Å². The first-order valence-electron chi connectivity index (χ1n) is 5.81. The van der Waals surface area contributed by atoms with Gasteiger partial charge in [-0.1, -0.05) is 12.1 Å². The first-order valence-corrected chi connectivity index (χ1v) is 5.81. The van der Waals surface area contributed by atoms with Gasteiger partial charge in [0.25, 0.3) is 5.91 Å². The number of benzene rings is 1. The molecule has 1 fully saturated rings. The van der Waals surface area contributed by atoms with Crippen LogP contribution in [-0.2, 0) is 9.53 Å². The van der Waals surface area contributed by atoms with Gasteiger partial charge in [-0.25, -0.2) is 0 Å². The molecule has 0 radical (unpaired) electrons. The van der Waals surface area contributed by atoms with Crippen molar-refractivity contribution in [3.63, 3.8) is 0 Å². The predicted molar refractivity (Wildman–Crippen MR) is 67.9 cm³/mol. The van der Waals surface area contributed by atoms with Gasteiger partial charge in [-0.15, -0.1) is 0 Å². The summed E-state index contributed by atoms with van der Waals surface area (Å²) in [5, 5.41) is 0. The number of anilines is 2. The maximum atomic E-state index is 12.4. The molecule has 1 saturated heterocycles. The maximum Gasteiger partial charge on any atom is 0.258 e. The number of nitrogens with two attached hydrogens (primary N) is 1. The molecular weight excluding hydrogens is 216 g/mol. The van der Waals surface area contributed by atoms with Gasteiger partial charge in [0.15, 0.2) is 0 Å². The Morgan fingerprint density at radius 1 is 1.47 bits per heavy atom. The van der Waals surface area contributed by atoms with E-state index in [0.29, 0.717) is 12.3 Å². The number of rotatable bonds is 2. The molecule has 1 aromatic carbocycles. The zero-order valence-corrected chi connectivity index (χ0v) is 10.3. The number of amides is 1. The fourth-order valence-corrected chi connectivity index (χ4v) is 2.20. The van der Waals surface area contributed by atoms with Crippen molar-refractivity contribution in [2.45, 2.75) is 25.4 Å². The van der Waals surface area contributed by atoms with Gasteiger partial charge < -0.3 is 15.4 Å². The smallest absolute Gasteiger partial charge is 0.258 e. The van der Waals surface area contributed by atoms with Crippen LogP contribution in [0.2, 0.25) is 0 Å². The number of carbonyl (C=O) groups is 1. The van der Waals surface area contributed by atoms with Crippen LogP contribution in [0.5, 0.6) is 0 Å². The van der Waals surface area contributed by atoms with E-state index in [0.717, 1.165) is 18.5 Å². The Morgan fingerprint density at radius 2 is 2.18 bits per heavy atom. The van der Waals surface area contributed by atoms with Crippen molar-refractivity contribution in [1.29, 1.82) is 0 Å². The Morgan fingerprint density at radius 3 is 2.76 bits per heavy atom. The third kappa shape index (κ3) is 2.13. The van der Waals surface area contributed by atoms with Gasteiger partial charge in [0.1, 0.15) is 5.60 Å². The number of carbonyl (C=O) groups excluding carboxylic acids is 1. The zero-order valence-electron chi connectivity index (χ0n) is 10.3. The number of nitrogens with zero attached hydrogens (tertiary/aromatic N) is 1. The molecule has 0 aliphatic carbocycles. The fourth-order valence-electron chi connectivity index (χ4n) is 2.20. The van der Waals surface area contributed by atoms with Gasteiger partial charge in [-0.2, -0.15) is 0 Å². The largest absolute Gasteiger partial charge is 0.397 e. The van der Waals surface area contributed by atoms with Gasteiger partial charge in [0, 0.05) is 13.7 Å². The Labute approximate surface area is 101 Å². The van der Waals surface area contributed by atoms with Crippen LogP contribution in [0.25, 0.3) is 0 Å². The fraction of sp³-hybridized carbons (Fsp3) is 0.462. The SMILES string of the molecule is CN(C(=O)C1(C)CCCO1)c1ccccc1N. The predicted octanol–water partition coefficient (Wildman–Crippen LogP) is 1.80. The van der Waals surface area contributed by atoms with Crippen LogP contribution < -0.4 is 10.6 Å². The Kier molecular flexibility index (Phi) is 3.07. The Hall–Kier alpha value is -1.55. The Balaban J connectivity index is 2.23. The van der Waals surface area contributed by atoms with Gasteiger partial charge in [-0.05, 0) is 31.9 Å². The summed E-state index contributed by atoms with van der Waals surface area (Å²) in [6.07, 6.45) is 1.70. The van der Waals surface area contributed by atoms with E-state index in [1.54, 1.807) is 18.0 Å². The van der Waals surface area contributed by atoms with E-state index < -0.39 is 5.60 Å². The molecule has 2 rings (SSSR count). The molecule has 0 bridgehead atoms. The zero-order chi connectivity index (χ0) is 12.5. The molecule has 0 aromatic heterocycles. The molecule has 0 saturated carbocycles. The summed E-state index contributed by atoms with van der Waals surface area (Å²) in [4.78, 5) is 13.9. The summed E-state index contributed by atoms with van der Waals surface area (Å²) >= 11 is 0. The summed E-state index contributed by atoms with van der Waals surface area (Å²) in [5.74, 6) is -0.0344. The number of hydrogen-bond acceptors (Lipinski definition) is 3. The summed E-state index contributed by atoms with van der Waals surface area (Å²) in [6, 6.07) is 7.35. The lowest BCUT2D eigenvalue weighted by molar-refractivity contribution is -0.136. The molecule has 1 aliphatic heterocycles. The molecule has 4 heteroatoms. The number of ether oxygens (including phenoxy) is 1. The molecule has 1 aromatic rings. The summed E-state index contributed by atoms with van der Waals surface area (Å²) in [5.41, 5.74) is 6.50. The number of likely N-dealkylation sites (N-methyl/N-ethyl adjacent to an activating group) is 1. The van der Waals surface area contributed by atoms with Crippen molar-refractivity contribution in [1.82, 2.24) is 0 Å². The molecule has 92 valence electrons. The summed E-state index contributed by atoms with van der Waals surface area (Å²) in [7, 11) is 1.74. The van der Waals surface area contributed by atoms with E-state index in [2.05, 4.69) is 0 Å². The van der Waals surface area contributed by atoms with Crippen molar-refractivity contribution in [2.75, 3.05) is 24.3 Å². The van der Waals surface area contributed by atoms with Crippen LogP contribution >= 0.6 is 0 Å². The van der Waals surface area contributed by atoms with Gasteiger partial charge in [0.2, 0.25) is 0 Å². The third-order valence-electron chi connectivity index (χ3n) is 3.27. The number of para-hydroxylation sites is 2. The van der Waals surface area contributed by atoms with E-state index in [9.17, 15) is 4.79 Å². The molecule has 1 unspecified atom stereocenters. The highest BCUT2D eigenvalue weighted by Gasteiger charge is 2.40. The molecule has 1 heterocycles. The molecule has 1 aliphatic rings. The van der Waals surface area contributed by atoms with Crippen molar-refractivity contribution >= 4 is 17.3 Å². The summed E-state index contributed by atoms with van der Waals surface area (Å²) in [6.45, 7) is 2.50. The highest BCUT2D eigenvalue weighted by atomic mass is 16.5. The van der Waals surface area contributed by atoms with Crippen molar-refractivity contribution in [2.24, 2.45) is 0 Å². The van der Waals surface area contributed by atoms with E-state index in [-0.39, 0.29) is 5.91 Å². The van der Waals surface area contributed by atoms with Crippen molar-refractivity contribution in [3.8, 4) is 0 Å². The monoisotopic (exact) mass is 234 g/mol. The molecule has 1 amide bonds. The minimum absolute atomic E-state index is 0.0344. The van der Waals surface area contributed by atoms with Crippen LogP contribution in [0.4, 0.5) is 11.4 Å². The van der Waals surface area contributed by atoms with Crippen LogP contribution in [0.3, 0.4) is 0 Å². The van der Waals surface area contributed by atoms with E-state index in [1.807, 2.05) is 25.1 Å². The molecule has 4 nitrogen and oxygen atoms in total. The highest BCUT2D eigenvalue weighted by Crippen LogP contribution is 2.30. The topological polar surface area (TPSA) is 55.6 Å².